The summed E-state index contributed by atoms with van der Waals surface area (Å²) in [5.41, 5.74) is 2.43. The Labute approximate surface area is 206 Å². The summed E-state index contributed by atoms with van der Waals surface area (Å²) in [4.78, 5) is 21.0. The van der Waals surface area contributed by atoms with E-state index in [4.69, 9.17) is 0 Å². The third kappa shape index (κ3) is 10.6. The van der Waals surface area contributed by atoms with Crippen LogP contribution in [0, 0.1) is 0 Å². The summed E-state index contributed by atoms with van der Waals surface area (Å²) < 4.78 is 0. The minimum atomic E-state index is -0.966. The summed E-state index contributed by atoms with van der Waals surface area (Å²) in [5.74, 6) is -0.612. The first-order chi connectivity index (χ1) is 16.7. The van der Waals surface area contributed by atoms with E-state index in [-0.39, 0.29) is 11.5 Å². The molecule has 186 valence electrons. The fourth-order valence-corrected chi connectivity index (χ4v) is 4.37. The zero-order chi connectivity index (χ0) is 24.4. The van der Waals surface area contributed by atoms with Crippen molar-refractivity contribution in [2.75, 3.05) is 0 Å². The number of hydrogen-bond donors (Lipinski definition) is 1. The van der Waals surface area contributed by atoms with Gasteiger partial charge in [0, 0.05) is 18.3 Å². The number of aryl methyl sites for hydroxylation is 1. The molecule has 2 aromatic rings. The van der Waals surface area contributed by atoms with Crippen LogP contribution >= 0.6 is 0 Å². The molecule has 1 aromatic carbocycles. The number of allylic oxidation sites excluding steroid dienone is 1. The van der Waals surface area contributed by atoms with E-state index in [0.717, 1.165) is 36.8 Å². The first-order valence-corrected chi connectivity index (χ1v) is 13.5. The van der Waals surface area contributed by atoms with Crippen LogP contribution in [0.2, 0.25) is 0 Å². The van der Waals surface area contributed by atoms with Gasteiger partial charge in [0.05, 0.1) is 0 Å². The van der Waals surface area contributed by atoms with E-state index in [9.17, 15) is 9.90 Å². The molecule has 1 aromatic heterocycles. The first kappa shape index (κ1) is 27.8. The number of rotatable bonds is 18. The molecule has 0 aliphatic carbocycles. The van der Waals surface area contributed by atoms with E-state index in [1.807, 2.05) is 24.3 Å². The average molecular weight is 465 g/mol. The lowest BCUT2D eigenvalue weighted by atomic mass is 9.90. The molecular formula is C30H44N2O2. The van der Waals surface area contributed by atoms with Crippen molar-refractivity contribution in [1.82, 2.24) is 9.97 Å². The monoisotopic (exact) mass is 464 g/mol. The highest BCUT2D eigenvalue weighted by Gasteiger charge is 2.18. The van der Waals surface area contributed by atoms with E-state index < -0.39 is 5.97 Å². The molecule has 34 heavy (non-hydrogen) atoms. The van der Waals surface area contributed by atoms with E-state index in [0.29, 0.717) is 5.82 Å². The molecule has 0 aliphatic rings. The van der Waals surface area contributed by atoms with Gasteiger partial charge in [-0.3, -0.25) is 0 Å². The number of nitrogens with zero attached hydrogens (tertiary/aromatic N) is 2. The third-order valence-corrected chi connectivity index (χ3v) is 6.46. The highest BCUT2D eigenvalue weighted by molar-refractivity contribution is 6.14. The van der Waals surface area contributed by atoms with Crippen molar-refractivity contribution >= 4 is 11.5 Å². The van der Waals surface area contributed by atoms with Crippen LogP contribution in [0.25, 0.3) is 5.57 Å². The molecule has 0 spiro atoms. The van der Waals surface area contributed by atoms with Crippen molar-refractivity contribution in [3.05, 3.63) is 65.8 Å². The molecule has 0 saturated carbocycles. The molecular weight excluding hydrogens is 420 g/mol. The van der Waals surface area contributed by atoms with Crippen molar-refractivity contribution in [2.45, 2.75) is 110 Å². The maximum Gasteiger partial charge on any atom is 0.339 e. The standard InChI is InChI=1S/C30H44N2O2/c1-3-5-7-9-10-12-14-18-25-23-31-29(32-24-25)28(30(33)34)22-27(21-15-11-8-6-4-2)26-19-16-13-17-20-26/h13,16-17,19-20,22-24,27H,3-12,14-15,18,21H2,1-2H3,(H,33,34)/b28-22+. The molecule has 0 aliphatic heterocycles. The van der Waals surface area contributed by atoms with E-state index in [1.54, 1.807) is 12.4 Å². The molecule has 0 amide bonds. The van der Waals surface area contributed by atoms with Crippen molar-refractivity contribution < 1.29 is 9.90 Å². The summed E-state index contributed by atoms with van der Waals surface area (Å²) in [7, 11) is 0. The second kappa shape index (κ2) is 17.0. The van der Waals surface area contributed by atoms with E-state index in [2.05, 4.69) is 35.9 Å². The van der Waals surface area contributed by atoms with E-state index in [1.165, 1.54) is 64.2 Å². The molecule has 0 saturated heterocycles. The summed E-state index contributed by atoms with van der Waals surface area (Å²) in [6.07, 6.45) is 22.2. The number of carbonyl (C=O) groups is 1. The van der Waals surface area contributed by atoms with Gasteiger partial charge in [-0.15, -0.1) is 0 Å². The van der Waals surface area contributed by atoms with Crippen LogP contribution in [0.15, 0.2) is 48.8 Å². The summed E-state index contributed by atoms with van der Waals surface area (Å²) in [6, 6.07) is 10.2. The largest absolute Gasteiger partial charge is 0.478 e. The second-order valence-electron chi connectivity index (χ2n) is 9.39. The van der Waals surface area contributed by atoms with Gasteiger partial charge in [-0.1, -0.05) is 121 Å². The Morgan fingerprint density at radius 3 is 1.97 bits per heavy atom. The SMILES string of the molecule is CCCCCCCCCc1cnc(/C(=C\C(CCCCCCC)c2ccccc2)C(=O)O)nc1. The molecule has 4 heteroatoms. The molecule has 2 rings (SSSR count). The fourth-order valence-electron chi connectivity index (χ4n) is 4.37. The van der Waals surface area contributed by atoms with E-state index >= 15 is 0 Å². The summed E-state index contributed by atoms with van der Waals surface area (Å²) >= 11 is 0. The molecule has 4 nitrogen and oxygen atoms in total. The lowest BCUT2D eigenvalue weighted by molar-refractivity contribution is -0.130. The van der Waals surface area contributed by atoms with Gasteiger partial charge in [0.1, 0.15) is 5.57 Å². The van der Waals surface area contributed by atoms with Crippen LogP contribution in [-0.4, -0.2) is 21.0 Å². The van der Waals surface area contributed by atoms with Gasteiger partial charge in [0.15, 0.2) is 5.82 Å². The Morgan fingerprint density at radius 1 is 0.824 bits per heavy atom. The molecule has 0 bridgehead atoms. The fraction of sp³-hybridized carbons (Fsp3) is 0.567. The molecule has 1 heterocycles. The van der Waals surface area contributed by atoms with Crippen molar-refractivity contribution in [3.8, 4) is 0 Å². The average Bonchev–Trinajstić information content (AvgIpc) is 2.86. The zero-order valence-electron chi connectivity index (χ0n) is 21.3. The topological polar surface area (TPSA) is 63.1 Å². The van der Waals surface area contributed by atoms with Gasteiger partial charge in [-0.25, -0.2) is 14.8 Å². The number of carboxylic acid groups (broad SMARTS) is 1. The lowest BCUT2D eigenvalue weighted by Crippen LogP contribution is -2.07. The van der Waals surface area contributed by atoms with Crippen LogP contribution in [0.4, 0.5) is 0 Å². The van der Waals surface area contributed by atoms with Crippen molar-refractivity contribution in [2.24, 2.45) is 0 Å². The second-order valence-corrected chi connectivity index (χ2v) is 9.39. The Morgan fingerprint density at radius 2 is 1.38 bits per heavy atom. The maximum atomic E-state index is 12.1. The number of unbranched alkanes of at least 4 members (excludes halogenated alkanes) is 10. The Balaban J connectivity index is 2.03. The Hall–Kier alpha value is -2.49. The van der Waals surface area contributed by atoms with Gasteiger partial charge >= 0.3 is 5.97 Å². The van der Waals surface area contributed by atoms with Crippen LogP contribution in [-0.2, 0) is 11.2 Å². The highest BCUT2D eigenvalue weighted by atomic mass is 16.4. The van der Waals surface area contributed by atoms with Crippen molar-refractivity contribution in [1.29, 1.82) is 0 Å². The Bertz CT molecular complexity index is 831. The van der Waals surface area contributed by atoms with Gasteiger partial charge in [-0.2, -0.15) is 0 Å². The van der Waals surface area contributed by atoms with Crippen LogP contribution in [0.1, 0.15) is 120 Å². The van der Waals surface area contributed by atoms with Crippen molar-refractivity contribution in [3.63, 3.8) is 0 Å². The van der Waals surface area contributed by atoms with Crippen LogP contribution < -0.4 is 0 Å². The predicted molar refractivity (Wildman–Crippen MR) is 142 cm³/mol. The number of hydrogen-bond acceptors (Lipinski definition) is 3. The van der Waals surface area contributed by atoms with Crippen LogP contribution in [0.5, 0.6) is 0 Å². The van der Waals surface area contributed by atoms with Gasteiger partial charge in [-0.05, 0) is 30.4 Å². The number of aromatic nitrogens is 2. The number of aliphatic carboxylic acids is 1. The van der Waals surface area contributed by atoms with Crippen LogP contribution in [0.3, 0.4) is 0 Å². The quantitative estimate of drug-likeness (QED) is 0.178. The molecule has 1 N–H and O–H groups in total. The smallest absolute Gasteiger partial charge is 0.339 e. The normalized spacial score (nSPS) is 12.6. The number of benzene rings is 1. The lowest BCUT2D eigenvalue weighted by Gasteiger charge is -2.15. The van der Waals surface area contributed by atoms with Gasteiger partial charge < -0.3 is 5.11 Å². The summed E-state index contributed by atoms with van der Waals surface area (Å²) in [6.45, 7) is 4.46. The molecule has 0 fully saturated rings. The van der Waals surface area contributed by atoms with Gasteiger partial charge in [0.2, 0.25) is 0 Å². The van der Waals surface area contributed by atoms with Gasteiger partial charge in [0.25, 0.3) is 0 Å². The molecule has 1 atom stereocenters. The first-order valence-electron chi connectivity index (χ1n) is 13.5. The highest BCUT2D eigenvalue weighted by Crippen LogP contribution is 2.28. The molecule has 0 radical (unpaired) electrons. The number of carboxylic acids is 1. The predicted octanol–water partition coefficient (Wildman–Crippen LogP) is 8.38. The maximum absolute atomic E-state index is 12.1. The third-order valence-electron chi connectivity index (χ3n) is 6.46. The minimum absolute atomic E-state index is 0.0462. The minimum Gasteiger partial charge on any atom is -0.478 e. The molecule has 1 unspecified atom stereocenters. The zero-order valence-corrected chi connectivity index (χ0v) is 21.3. The summed E-state index contributed by atoms with van der Waals surface area (Å²) in [5, 5.41) is 9.95. The Kier molecular flexibility index (Phi) is 13.9.